The predicted molar refractivity (Wildman–Crippen MR) is 230 cm³/mol. The highest BCUT2D eigenvalue weighted by Gasteiger charge is 2.44. The van der Waals surface area contributed by atoms with E-state index in [1.807, 2.05) is 18.2 Å². The maximum atomic E-state index is 16.1. The summed E-state index contributed by atoms with van der Waals surface area (Å²) in [5.41, 5.74) is -0.416. The number of alkyl halides is 6. The van der Waals surface area contributed by atoms with Gasteiger partial charge in [-0.3, -0.25) is 34.0 Å². The summed E-state index contributed by atoms with van der Waals surface area (Å²) >= 11 is 0. The zero-order chi connectivity index (χ0) is 47.2. The Bertz CT molecular complexity index is 2730. The number of rotatable bonds is 10. The number of carbonyl (C=O) groups excluding carboxylic acids is 3. The molecule has 4 fully saturated rings. The zero-order valence-corrected chi connectivity index (χ0v) is 36.7. The highest BCUT2D eigenvalue weighted by Crippen LogP contribution is 2.37. The van der Waals surface area contributed by atoms with Crippen LogP contribution < -0.4 is 15.5 Å². The van der Waals surface area contributed by atoms with E-state index < -0.39 is 54.5 Å². The maximum Gasteiger partial charge on any atom is 0.416 e. The van der Waals surface area contributed by atoms with Crippen molar-refractivity contribution in [3.8, 4) is 11.8 Å². The molecule has 7 heterocycles. The number of para-hydroxylation sites is 1. The first kappa shape index (κ1) is 46.1. The number of fused-ring (bicyclic) bond motifs is 2. The lowest BCUT2D eigenvalue weighted by Crippen LogP contribution is -2.54. The normalized spacial score (nSPS) is 25.4. The van der Waals surface area contributed by atoms with Crippen molar-refractivity contribution >= 4 is 45.8 Å². The van der Waals surface area contributed by atoms with E-state index in [2.05, 4.69) is 47.7 Å². The molecule has 0 bridgehead atoms. The molecule has 4 aliphatic rings. The molecule has 3 aliphatic heterocycles. The molecule has 356 valence electrons. The smallest absolute Gasteiger partial charge is 0.365 e. The molecule has 0 spiro atoms. The molecule has 4 aromatic heterocycles. The molecule has 9 rings (SSSR count). The van der Waals surface area contributed by atoms with E-state index in [9.17, 15) is 36.3 Å². The van der Waals surface area contributed by atoms with Crippen LogP contribution in [0, 0.1) is 17.8 Å². The molecular weight excluding hydrogens is 889 g/mol. The molecule has 22 heteroatoms. The fourth-order valence-corrected chi connectivity index (χ4v) is 9.83. The summed E-state index contributed by atoms with van der Waals surface area (Å²) in [6.07, 6.45) is -2.30. The number of ether oxygens (including phenoxy) is 2. The quantitative estimate of drug-likeness (QED) is 0.0975. The lowest BCUT2D eigenvalue weighted by molar-refractivity contribution is -0.221. The van der Waals surface area contributed by atoms with E-state index in [1.54, 1.807) is 18.7 Å². The second kappa shape index (κ2) is 18.6. The number of aromatic nitrogens is 7. The van der Waals surface area contributed by atoms with Crippen LogP contribution in [0.25, 0.3) is 16.6 Å². The predicted octanol–water partition coefficient (Wildman–Crippen LogP) is 5.89. The van der Waals surface area contributed by atoms with Crippen molar-refractivity contribution in [2.75, 3.05) is 56.2 Å². The van der Waals surface area contributed by atoms with Crippen LogP contribution >= 0.6 is 0 Å². The molecule has 16 nitrogen and oxygen atoms in total. The van der Waals surface area contributed by atoms with E-state index >= 15 is 4.39 Å². The van der Waals surface area contributed by atoms with E-state index in [1.165, 1.54) is 38.8 Å². The molecular formula is C45H49F6N11O5. The van der Waals surface area contributed by atoms with Gasteiger partial charge in [-0.25, -0.2) is 22.7 Å². The first-order valence-corrected chi connectivity index (χ1v) is 22.3. The van der Waals surface area contributed by atoms with Crippen LogP contribution in [0.3, 0.4) is 0 Å². The summed E-state index contributed by atoms with van der Waals surface area (Å²) in [4.78, 5) is 45.7. The number of carbonyl (C=O) groups is 3. The number of aryl methyl sites for hydroxylation is 1. The number of morpholine rings is 1. The third-order valence-corrected chi connectivity index (χ3v) is 13.2. The van der Waals surface area contributed by atoms with Crippen LogP contribution in [0.1, 0.15) is 97.6 Å². The van der Waals surface area contributed by atoms with Gasteiger partial charge in [-0.15, -0.1) is 0 Å². The largest absolute Gasteiger partial charge is 0.416 e. The number of hydrogen-bond acceptors (Lipinski definition) is 11. The standard InChI is InChI=1S/C45H49F6N11O5/c1-44(48)25-59(16-14-33(44)66-19-4-6-27-5-3-7-29-37(56-58(2)39(27)29)30-12-13-36(63)55-42(30)64)22-26-8-10-28(11-9-26)62-23-32(38(57-62)40(46)47)53-43(65)31-21-52-61-17-15-35(54-41(31)61)60-18-20-67-34(24-60)45(49,50)51/h3,5,7,15,17,21,23,26,28,30,33-34,40H,8-14,16,18-20,22,24-25H2,1-2H3,(H,53,65)(H,55,63,64)/t26?,28?,30?,33?,34?,44-/m1/s1. The van der Waals surface area contributed by atoms with Crippen LogP contribution in [-0.4, -0.2) is 127 Å². The summed E-state index contributed by atoms with van der Waals surface area (Å²) in [5, 5.41) is 18.6. The highest BCUT2D eigenvalue weighted by atomic mass is 19.4. The molecule has 3 unspecified atom stereocenters. The number of amides is 3. The summed E-state index contributed by atoms with van der Waals surface area (Å²) in [5.74, 6) is 4.60. The van der Waals surface area contributed by atoms with Crippen molar-refractivity contribution in [1.29, 1.82) is 0 Å². The van der Waals surface area contributed by atoms with Gasteiger partial charge in [0.2, 0.25) is 11.8 Å². The summed E-state index contributed by atoms with van der Waals surface area (Å²) in [7, 11) is 1.78. The molecule has 1 saturated carbocycles. The Labute approximate surface area is 380 Å². The second-order valence-electron chi connectivity index (χ2n) is 17.9. The molecule has 2 N–H and O–H groups in total. The van der Waals surface area contributed by atoms with Crippen molar-refractivity contribution in [3.63, 3.8) is 0 Å². The number of likely N-dealkylation sites (tertiary alicyclic amines) is 1. The minimum absolute atomic E-state index is 0.0138. The van der Waals surface area contributed by atoms with E-state index in [0.29, 0.717) is 50.0 Å². The third kappa shape index (κ3) is 9.72. The van der Waals surface area contributed by atoms with Crippen molar-refractivity contribution < 1.29 is 50.2 Å². The summed E-state index contributed by atoms with van der Waals surface area (Å²) in [6, 6.07) is 6.83. The Balaban J connectivity index is 0.770. The number of piperidine rings is 2. The number of halogens is 6. The molecule has 67 heavy (non-hydrogen) atoms. The van der Waals surface area contributed by atoms with Crippen molar-refractivity contribution in [2.45, 2.75) is 94.3 Å². The molecule has 3 amide bonds. The molecule has 1 aromatic carbocycles. The number of nitrogens with zero attached hydrogens (tertiary/aromatic N) is 9. The van der Waals surface area contributed by atoms with Crippen molar-refractivity contribution in [2.24, 2.45) is 13.0 Å². The maximum absolute atomic E-state index is 16.1. The Hall–Kier alpha value is -6.05. The Kier molecular flexibility index (Phi) is 12.8. The monoisotopic (exact) mass is 937 g/mol. The van der Waals surface area contributed by atoms with Crippen LogP contribution in [0.2, 0.25) is 0 Å². The number of hydrogen-bond donors (Lipinski definition) is 2. The highest BCUT2D eigenvalue weighted by molar-refractivity contribution is 6.08. The van der Waals surface area contributed by atoms with Gasteiger partial charge in [0.05, 0.1) is 59.9 Å². The number of anilines is 2. The van der Waals surface area contributed by atoms with Gasteiger partial charge in [0.15, 0.2) is 17.4 Å². The van der Waals surface area contributed by atoms with Crippen LogP contribution in [0.15, 0.2) is 42.9 Å². The molecule has 5 aromatic rings. The zero-order valence-electron chi connectivity index (χ0n) is 36.7. The van der Waals surface area contributed by atoms with Gasteiger partial charge in [-0.1, -0.05) is 24.0 Å². The first-order valence-electron chi connectivity index (χ1n) is 22.3. The van der Waals surface area contributed by atoms with Gasteiger partial charge in [0, 0.05) is 57.4 Å². The molecule has 3 saturated heterocycles. The molecule has 4 atom stereocenters. The average molecular weight is 938 g/mol. The minimum atomic E-state index is -4.57. The fraction of sp³-hybridized carbons (Fsp3) is 0.533. The van der Waals surface area contributed by atoms with E-state index in [4.69, 9.17) is 9.47 Å². The minimum Gasteiger partial charge on any atom is -0.365 e. The van der Waals surface area contributed by atoms with Gasteiger partial charge < -0.3 is 19.7 Å². The lowest BCUT2D eigenvalue weighted by Gasteiger charge is -2.42. The fourth-order valence-electron chi connectivity index (χ4n) is 9.83. The van der Waals surface area contributed by atoms with Crippen LogP contribution in [0.5, 0.6) is 0 Å². The Morgan fingerprint density at radius 3 is 2.64 bits per heavy atom. The van der Waals surface area contributed by atoms with Gasteiger partial charge in [-0.05, 0) is 63.5 Å². The summed E-state index contributed by atoms with van der Waals surface area (Å²) < 4.78 is 100. The molecule has 0 radical (unpaired) electrons. The van der Waals surface area contributed by atoms with Gasteiger partial charge in [-0.2, -0.15) is 28.5 Å². The number of benzene rings is 1. The SMILES string of the molecule is Cn1nc(C2CCC(=O)NC2=O)c2cccc(C#CCOC3CCN(CC4CCC(n5cc(NC(=O)c6cnn7ccc(N8CCOC(C(F)(F)F)C8)nc67)c(C(F)F)n5)CC4)C[C@@]3(C)F)c21. The third-order valence-electron chi connectivity index (χ3n) is 13.2. The van der Waals surface area contributed by atoms with Crippen LogP contribution in [-0.2, 0) is 26.1 Å². The lowest BCUT2D eigenvalue weighted by atomic mass is 9.84. The number of imide groups is 1. The van der Waals surface area contributed by atoms with E-state index in [0.717, 1.165) is 23.7 Å². The van der Waals surface area contributed by atoms with Gasteiger partial charge >= 0.3 is 6.18 Å². The summed E-state index contributed by atoms with van der Waals surface area (Å²) in [6.45, 7) is 2.51. The van der Waals surface area contributed by atoms with Crippen LogP contribution in [0.4, 0.5) is 37.8 Å². The van der Waals surface area contributed by atoms with E-state index in [-0.39, 0.29) is 79.2 Å². The topological polar surface area (TPSA) is 166 Å². The average Bonchev–Trinajstić information content (AvgIpc) is 4.01. The number of nitrogens with one attached hydrogen (secondary N) is 2. The van der Waals surface area contributed by atoms with Crippen molar-refractivity contribution in [1.82, 2.24) is 44.4 Å². The van der Waals surface area contributed by atoms with Gasteiger partial charge in [0.1, 0.15) is 23.7 Å². The molecule has 1 aliphatic carbocycles. The first-order chi connectivity index (χ1) is 32.0. The second-order valence-corrected chi connectivity index (χ2v) is 17.9. The van der Waals surface area contributed by atoms with Crippen molar-refractivity contribution in [3.05, 3.63) is 65.4 Å². The van der Waals surface area contributed by atoms with Gasteiger partial charge in [0.25, 0.3) is 12.3 Å². The Morgan fingerprint density at radius 1 is 1.09 bits per heavy atom. The Morgan fingerprint density at radius 2 is 1.90 bits per heavy atom.